The smallest absolute Gasteiger partial charge is 0.227 e. The largest absolute Gasteiger partial charge is 0.440 e. The highest BCUT2D eigenvalue weighted by Crippen LogP contribution is 2.34. The van der Waals surface area contributed by atoms with Crippen LogP contribution in [0.25, 0.3) is 22.4 Å². The summed E-state index contributed by atoms with van der Waals surface area (Å²) < 4.78 is 38.3. The number of methoxy groups -OCH3 is 1. The molecule has 1 aromatic carbocycles. The maximum atomic E-state index is 11.9. The Hall–Kier alpha value is -2.35. The fraction of sp³-hybridized carbons (Fsp3) is 0.600. The number of benzene rings is 1. The van der Waals surface area contributed by atoms with Gasteiger partial charge in [0.1, 0.15) is 12.0 Å². The lowest BCUT2D eigenvalue weighted by Gasteiger charge is -2.36. The Balaban J connectivity index is 1.36. The van der Waals surface area contributed by atoms with E-state index in [-0.39, 0.29) is 12.0 Å². The zero-order chi connectivity index (χ0) is 26.2. The minimum Gasteiger partial charge on any atom is -0.440 e. The van der Waals surface area contributed by atoms with Crippen molar-refractivity contribution in [3.63, 3.8) is 0 Å². The molecule has 0 saturated carbocycles. The topological polar surface area (TPSA) is 129 Å². The second-order valence-electron chi connectivity index (χ2n) is 10.4. The van der Waals surface area contributed by atoms with Crippen LogP contribution < -0.4 is 10.0 Å². The van der Waals surface area contributed by atoms with Crippen molar-refractivity contribution in [2.45, 2.75) is 51.0 Å². The number of rotatable bonds is 8. The molecule has 37 heavy (non-hydrogen) atoms. The Bertz CT molecular complexity index is 1310. The molecule has 3 unspecified atom stereocenters. The highest BCUT2D eigenvalue weighted by molar-refractivity contribution is 7.88. The van der Waals surface area contributed by atoms with E-state index in [1.807, 2.05) is 6.20 Å². The second-order valence-corrected chi connectivity index (χ2v) is 12.2. The van der Waals surface area contributed by atoms with E-state index in [9.17, 15) is 8.42 Å². The summed E-state index contributed by atoms with van der Waals surface area (Å²) in [6.45, 7) is 10.0. The minimum atomic E-state index is -3.38. The molecule has 3 N–H and O–H groups in total. The number of hydrogen-bond acceptors (Lipinski definition) is 9. The zero-order valence-corrected chi connectivity index (χ0v) is 22.7. The molecule has 202 valence electrons. The summed E-state index contributed by atoms with van der Waals surface area (Å²) in [4.78, 5) is 9.53. The van der Waals surface area contributed by atoms with Crippen molar-refractivity contribution in [2.75, 3.05) is 46.1 Å². The molecule has 3 atom stereocenters. The third-order valence-electron chi connectivity index (χ3n) is 7.44. The van der Waals surface area contributed by atoms with E-state index in [4.69, 9.17) is 9.15 Å². The van der Waals surface area contributed by atoms with Gasteiger partial charge in [-0.15, -0.1) is 0 Å². The number of fused-ring (bicyclic) bond motifs is 1. The molecule has 4 heterocycles. The maximum absolute atomic E-state index is 11.9. The number of sulfonamides is 1. The molecule has 0 radical (unpaired) electrons. The summed E-state index contributed by atoms with van der Waals surface area (Å²) in [5, 5.41) is 11.6. The normalized spacial score (nSPS) is 24.3. The molecular weight excluding hydrogens is 494 g/mol. The van der Waals surface area contributed by atoms with E-state index in [0.29, 0.717) is 24.9 Å². The number of ether oxygens (including phenoxy) is 1. The molecule has 0 aliphatic carbocycles. The molecule has 0 spiro atoms. The Kier molecular flexibility index (Phi) is 7.66. The number of aromatic amines is 1. The van der Waals surface area contributed by atoms with Crippen molar-refractivity contribution >= 4 is 20.9 Å². The quantitative estimate of drug-likeness (QED) is 0.398. The molecule has 3 aromatic rings. The van der Waals surface area contributed by atoms with Crippen molar-refractivity contribution in [3.8, 4) is 11.5 Å². The fourth-order valence-electron chi connectivity index (χ4n) is 5.45. The minimum absolute atomic E-state index is 0.0591. The van der Waals surface area contributed by atoms with Crippen molar-refractivity contribution in [3.05, 3.63) is 35.9 Å². The average Bonchev–Trinajstić information content (AvgIpc) is 3.52. The molecule has 2 fully saturated rings. The first-order valence-corrected chi connectivity index (χ1v) is 14.7. The predicted molar refractivity (Wildman–Crippen MR) is 142 cm³/mol. The van der Waals surface area contributed by atoms with Gasteiger partial charge in [0.25, 0.3) is 0 Å². The van der Waals surface area contributed by atoms with Gasteiger partial charge in [-0.25, -0.2) is 18.1 Å². The van der Waals surface area contributed by atoms with E-state index < -0.39 is 16.3 Å². The lowest BCUT2D eigenvalue weighted by Crippen LogP contribution is -2.56. The van der Waals surface area contributed by atoms with Crippen LogP contribution in [0.1, 0.15) is 37.5 Å². The number of oxazole rings is 1. The molecule has 0 bridgehead atoms. The molecule has 2 aromatic heterocycles. The SMILES string of the molecule is COC1NCC(c2cc(-c3ncc(CN4CCN(C(C)C)CC4)o3)c3cn[nH]c3c2)CC1NS(C)(=O)=O. The van der Waals surface area contributed by atoms with Crippen LogP contribution in [-0.4, -0.2) is 97.8 Å². The Labute approximate surface area is 218 Å². The van der Waals surface area contributed by atoms with Gasteiger partial charge < -0.3 is 9.15 Å². The van der Waals surface area contributed by atoms with Crippen molar-refractivity contribution in [1.82, 2.24) is 35.0 Å². The van der Waals surface area contributed by atoms with Gasteiger partial charge in [-0.05, 0) is 43.9 Å². The van der Waals surface area contributed by atoms with Gasteiger partial charge in [0.05, 0.1) is 36.8 Å². The highest BCUT2D eigenvalue weighted by Gasteiger charge is 2.33. The van der Waals surface area contributed by atoms with Crippen LogP contribution in [0, 0.1) is 0 Å². The third-order valence-corrected chi connectivity index (χ3v) is 8.17. The number of piperazine rings is 1. The van der Waals surface area contributed by atoms with E-state index in [1.165, 1.54) is 6.26 Å². The first-order valence-electron chi connectivity index (χ1n) is 12.8. The lowest BCUT2D eigenvalue weighted by atomic mass is 9.87. The van der Waals surface area contributed by atoms with Crippen LogP contribution in [0.4, 0.5) is 0 Å². The van der Waals surface area contributed by atoms with Crippen molar-refractivity contribution < 1.29 is 17.6 Å². The standard InChI is InChI=1S/C25H37N7O4S/c1-16(2)32-7-5-31(6-8-32)15-19-13-27-24(36-19)20-9-17(10-22-21(20)14-28-29-22)18-11-23(30-37(4,33)34)25(35-3)26-12-18/h9-10,13-14,16,18,23,25-26,30H,5-8,11-12,15H2,1-4H3,(H,28,29). The Morgan fingerprint density at radius 1 is 1.22 bits per heavy atom. The molecule has 11 nitrogen and oxygen atoms in total. The van der Waals surface area contributed by atoms with Crippen molar-refractivity contribution in [2.24, 2.45) is 0 Å². The number of hydrogen-bond donors (Lipinski definition) is 3. The number of H-pyrrole nitrogens is 1. The summed E-state index contributed by atoms with van der Waals surface area (Å²) in [5.41, 5.74) is 2.82. The zero-order valence-electron chi connectivity index (χ0n) is 21.9. The first kappa shape index (κ1) is 26.3. The Morgan fingerprint density at radius 2 is 2.00 bits per heavy atom. The molecular formula is C25H37N7O4S. The summed E-state index contributed by atoms with van der Waals surface area (Å²) in [6.07, 6.45) is 4.98. The van der Waals surface area contributed by atoms with Gasteiger partial charge in [0, 0.05) is 56.8 Å². The number of aromatic nitrogens is 3. The molecule has 5 rings (SSSR count). The lowest BCUT2D eigenvalue weighted by molar-refractivity contribution is 0.0264. The summed E-state index contributed by atoms with van der Waals surface area (Å²) in [5.74, 6) is 1.46. The highest BCUT2D eigenvalue weighted by atomic mass is 32.2. The second kappa shape index (κ2) is 10.8. The maximum Gasteiger partial charge on any atom is 0.227 e. The van der Waals surface area contributed by atoms with E-state index in [1.54, 1.807) is 13.3 Å². The van der Waals surface area contributed by atoms with Crippen LogP contribution in [0.15, 0.2) is 28.9 Å². The fourth-order valence-corrected chi connectivity index (χ4v) is 6.22. The number of nitrogens with zero attached hydrogens (tertiary/aromatic N) is 4. The molecule has 0 amide bonds. The first-order chi connectivity index (χ1) is 17.7. The van der Waals surface area contributed by atoms with E-state index >= 15 is 0 Å². The average molecular weight is 532 g/mol. The summed E-state index contributed by atoms with van der Waals surface area (Å²) in [6, 6.07) is 4.34. The number of piperidine rings is 1. The van der Waals surface area contributed by atoms with Crippen LogP contribution >= 0.6 is 0 Å². The number of nitrogens with one attached hydrogen (secondary N) is 3. The van der Waals surface area contributed by atoms with Crippen LogP contribution in [0.3, 0.4) is 0 Å². The van der Waals surface area contributed by atoms with Gasteiger partial charge in [-0.1, -0.05) is 0 Å². The van der Waals surface area contributed by atoms with E-state index in [2.05, 4.69) is 61.0 Å². The predicted octanol–water partition coefficient (Wildman–Crippen LogP) is 1.71. The van der Waals surface area contributed by atoms with Gasteiger partial charge in [-0.2, -0.15) is 5.10 Å². The molecule has 2 aliphatic heterocycles. The van der Waals surface area contributed by atoms with Gasteiger partial charge in [0.15, 0.2) is 0 Å². The summed E-state index contributed by atoms with van der Waals surface area (Å²) in [7, 11) is -1.81. The van der Waals surface area contributed by atoms with Gasteiger partial charge in [-0.3, -0.25) is 20.2 Å². The van der Waals surface area contributed by atoms with Crippen LogP contribution in [0.5, 0.6) is 0 Å². The molecule has 2 saturated heterocycles. The third kappa shape index (κ3) is 6.05. The van der Waals surface area contributed by atoms with E-state index in [0.717, 1.165) is 60.5 Å². The molecule has 2 aliphatic rings. The van der Waals surface area contributed by atoms with Crippen LogP contribution in [0.2, 0.25) is 0 Å². The van der Waals surface area contributed by atoms with Gasteiger partial charge in [0.2, 0.25) is 15.9 Å². The van der Waals surface area contributed by atoms with Crippen molar-refractivity contribution in [1.29, 1.82) is 0 Å². The monoisotopic (exact) mass is 531 g/mol. The van der Waals surface area contributed by atoms with Crippen LogP contribution in [-0.2, 0) is 21.3 Å². The van der Waals surface area contributed by atoms with Gasteiger partial charge >= 0.3 is 0 Å². The summed E-state index contributed by atoms with van der Waals surface area (Å²) >= 11 is 0. The Morgan fingerprint density at radius 3 is 2.70 bits per heavy atom. The molecule has 12 heteroatoms.